The summed E-state index contributed by atoms with van der Waals surface area (Å²) in [5.74, 6) is 0.344. The van der Waals surface area contributed by atoms with E-state index in [2.05, 4.69) is 22.2 Å². The summed E-state index contributed by atoms with van der Waals surface area (Å²) in [7, 11) is -3.50. The van der Waals surface area contributed by atoms with Crippen molar-refractivity contribution < 1.29 is 27.1 Å². The molecule has 2 aromatic heterocycles. The lowest BCUT2D eigenvalue weighted by Gasteiger charge is -2.36. The monoisotopic (exact) mass is 697 g/mol. The summed E-state index contributed by atoms with van der Waals surface area (Å²) >= 11 is 0. The first-order chi connectivity index (χ1) is 24.1. The number of anilines is 1. The lowest BCUT2D eigenvalue weighted by molar-refractivity contribution is 0.0783. The van der Waals surface area contributed by atoms with Gasteiger partial charge in [0.15, 0.2) is 9.84 Å². The maximum atomic E-state index is 15.1. The van der Waals surface area contributed by atoms with E-state index in [0.29, 0.717) is 53.2 Å². The second-order valence-electron chi connectivity index (χ2n) is 12.8. The fourth-order valence-corrected chi connectivity index (χ4v) is 7.85. The van der Waals surface area contributed by atoms with Gasteiger partial charge in [0.05, 0.1) is 22.8 Å². The van der Waals surface area contributed by atoms with Crippen molar-refractivity contribution in [2.75, 3.05) is 24.2 Å². The van der Waals surface area contributed by atoms with E-state index in [1.165, 1.54) is 6.07 Å². The van der Waals surface area contributed by atoms with Gasteiger partial charge in [0.25, 0.3) is 0 Å². The number of rotatable bonds is 11. The van der Waals surface area contributed by atoms with Crippen molar-refractivity contribution in [3.63, 3.8) is 0 Å². The fraction of sp³-hybridized carbons (Fsp3) is 0.316. The van der Waals surface area contributed by atoms with E-state index in [-0.39, 0.29) is 41.9 Å². The smallest absolute Gasteiger partial charge is 0.410 e. The summed E-state index contributed by atoms with van der Waals surface area (Å²) in [5, 5.41) is 4.45. The van der Waals surface area contributed by atoms with Gasteiger partial charge in [-0.3, -0.25) is 0 Å². The summed E-state index contributed by atoms with van der Waals surface area (Å²) in [6.45, 7) is 6.99. The molecule has 0 radical (unpaired) electrons. The molecular formula is C38H40FN5O5S. The highest BCUT2D eigenvalue weighted by molar-refractivity contribution is 7.90. The number of sulfone groups is 1. The number of hydrogen-bond donors (Lipinski definition) is 1. The first kappa shape index (κ1) is 34.8. The molecule has 1 N–H and O–H groups in total. The number of aromatic nitrogens is 3. The molecule has 1 saturated heterocycles. The topological polar surface area (TPSA) is 124 Å². The Balaban J connectivity index is 1.22. The van der Waals surface area contributed by atoms with E-state index >= 15 is 4.39 Å². The van der Waals surface area contributed by atoms with Gasteiger partial charge < -0.3 is 19.7 Å². The number of carbonyl (C=O) groups is 1. The van der Waals surface area contributed by atoms with Crippen LogP contribution in [0.2, 0.25) is 0 Å². The van der Waals surface area contributed by atoms with E-state index in [1.54, 1.807) is 54.5 Å². The zero-order valence-electron chi connectivity index (χ0n) is 28.3. The first-order valence-corrected chi connectivity index (χ1v) is 18.5. The Morgan fingerprint density at radius 3 is 2.58 bits per heavy atom. The van der Waals surface area contributed by atoms with Gasteiger partial charge >= 0.3 is 6.09 Å². The van der Waals surface area contributed by atoms with Crippen molar-refractivity contribution in [2.45, 2.75) is 52.0 Å². The van der Waals surface area contributed by atoms with Gasteiger partial charge in [0.2, 0.25) is 11.8 Å². The van der Waals surface area contributed by atoms with Crippen molar-refractivity contribution in [3.8, 4) is 22.9 Å². The number of fused-ring (bicyclic) bond motifs is 1. The molecule has 6 rings (SSSR count). The second-order valence-corrected chi connectivity index (χ2v) is 15.0. The molecule has 1 aliphatic heterocycles. The highest BCUT2D eigenvalue weighted by atomic mass is 32.2. The van der Waals surface area contributed by atoms with Gasteiger partial charge in [-0.25, -0.2) is 32.6 Å². The molecule has 0 saturated carbocycles. The number of carbonyl (C=O) groups excluding carboxylic acids is 1. The van der Waals surface area contributed by atoms with Gasteiger partial charge in [-0.2, -0.15) is 0 Å². The maximum Gasteiger partial charge on any atom is 0.410 e. The van der Waals surface area contributed by atoms with Crippen LogP contribution >= 0.6 is 0 Å². The average Bonchev–Trinajstić information content (AvgIpc) is 3.10. The average molecular weight is 698 g/mol. The largest absolute Gasteiger partial charge is 0.445 e. The number of halogens is 1. The minimum atomic E-state index is -3.50. The number of piperidine rings is 1. The van der Waals surface area contributed by atoms with Gasteiger partial charge in [0.1, 0.15) is 18.2 Å². The van der Waals surface area contributed by atoms with Crippen molar-refractivity contribution >= 4 is 32.7 Å². The molecule has 10 nitrogen and oxygen atoms in total. The Morgan fingerprint density at radius 2 is 1.78 bits per heavy atom. The van der Waals surface area contributed by atoms with Crippen LogP contribution < -0.4 is 10.1 Å². The predicted molar refractivity (Wildman–Crippen MR) is 191 cm³/mol. The van der Waals surface area contributed by atoms with Crippen LogP contribution in [0, 0.1) is 18.7 Å². The molecule has 0 bridgehead atoms. The molecule has 1 fully saturated rings. The molecule has 50 heavy (non-hydrogen) atoms. The molecule has 2 atom stereocenters. The molecule has 1 aliphatic rings. The summed E-state index contributed by atoms with van der Waals surface area (Å²) < 4.78 is 52.5. The zero-order chi connectivity index (χ0) is 35.3. The molecule has 0 unspecified atom stereocenters. The highest BCUT2D eigenvalue weighted by Crippen LogP contribution is 2.38. The Hall–Kier alpha value is -5.10. The van der Waals surface area contributed by atoms with Crippen LogP contribution in [0.4, 0.5) is 15.1 Å². The second kappa shape index (κ2) is 15.2. The third-order valence-corrected chi connectivity index (χ3v) is 10.4. The molecule has 260 valence electrons. The summed E-state index contributed by atoms with van der Waals surface area (Å²) in [6.07, 6.45) is 4.17. The van der Waals surface area contributed by atoms with Gasteiger partial charge in [-0.05, 0) is 72.5 Å². The number of pyridine rings is 1. The summed E-state index contributed by atoms with van der Waals surface area (Å²) in [6, 6.07) is 21.3. The number of nitrogens with zero attached hydrogens (tertiary/aromatic N) is 4. The molecule has 0 spiro atoms. The van der Waals surface area contributed by atoms with Crippen LogP contribution in [0.3, 0.4) is 0 Å². The molecule has 5 aromatic rings. The van der Waals surface area contributed by atoms with E-state index < -0.39 is 21.4 Å². The van der Waals surface area contributed by atoms with Crippen LogP contribution in [-0.2, 0) is 26.9 Å². The lowest BCUT2D eigenvalue weighted by Crippen LogP contribution is -2.48. The number of amides is 1. The predicted octanol–water partition coefficient (Wildman–Crippen LogP) is 7.72. The Labute approximate surface area is 291 Å². The number of aryl methyl sites for hydroxylation is 1. The standard InChI is InChI=1S/C38H40FN5O5S/c1-4-19-50(46,47)24-32-29-13-12-26(3)35(30(29)14-15-33(32)39)49-36-31(11-8-17-40-36)34-16-18-41-37(43-34)42-28-20-25(2)21-44(22-28)38(45)48-23-27-9-6-5-7-10-27/h5-18,25,28H,4,19-24H2,1-3H3,(H,41,42,43)/t25-,28+/m1/s1. The highest BCUT2D eigenvalue weighted by Gasteiger charge is 2.29. The lowest BCUT2D eigenvalue weighted by atomic mass is 9.96. The summed E-state index contributed by atoms with van der Waals surface area (Å²) in [5.41, 5.74) is 2.98. The molecule has 3 heterocycles. The van der Waals surface area contributed by atoms with Crippen molar-refractivity contribution in [1.29, 1.82) is 0 Å². The molecule has 0 aliphatic carbocycles. The molecule has 1 amide bonds. The normalized spacial score (nSPS) is 16.3. The quantitative estimate of drug-likeness (QED) is 0.148. The Bertz CT molecular complexity index is 2100. The molecular weight excluding hydrogens is 658 g/mol. The Kier molecular flexibility index (Phi) is 10.6. The number of ether oxygens (including phenoxy) is 2. The minimum absolute atomic E-state index is 0.0234. The van der Waals surface area contributed by atoms with E-state index in [0.717, 1.165) is 17.5 Å². The van der Waals surface area contributed by atoms with Gasteiger partial charge in [-0.1, -0.05) is 56.3 Å². The number of hydrogen-bond acceptors (Lipinski definition) is 9. The Morgan fingerprint density at radius 1 is 0.980 bits per heavy atom. The number of benzene rings is 3. The van der Waals surface area contributed by atoms with Crippen molar-refractivity contribution in [2.24, 2.45) is 5.92 Å². The number of likely N-dealkylation sites (tertiary alicyclic amines) is 1. The zero-order valence-corrected chi connectivity index (χ0v) is 29.1. The van der Waals surface area contributed by atoms with Gasteiger partial charge in [0, 0.05) is 42.5 Å². The van der Waals surface area contributed by atoms with E-state index in [9.17, 15) is 13.2 Å². The molecule has 12 heteroatoms. The van der Waals surface area contributed by atoms with Crippen molar-refractivity contribution in [1.82, 2.24) is 19.9 Å². The number of nitrogens with one attached hydrogen (secondary N) is 1. The van der Waals surface area contributed by atoms with Crippen LogP contribution in [0.1, 0.15) is 43.4 Å². The van der Waals surface area contributed by atoms with E-state index in [4.69, 9.17) is 14.5 Å². The SMILES string of the molecule is CCCS(=O)(=O)Cc1c(F)ccc2c(Oc3ncccc3-c3ccnc(N[C@H]4C[C@@H](C)CN(C(=O)OCc5ccccc5)C4)n3)c(C)ccc12. The van der Waals surface area contributed by atoms with Crippen LogP contribution in [0.15, 0.2) is 85.2 Å². The van der Waals surface area contributed by atoms with Crippen molar-refractivity contribution in [3.05, 3.63) is 108 Å². The maximum absolute atomic E-state index is 15.1. The fourth-order valence-electron chi connectivity index (χ4n) is 6.35. The van der Waals surface area contributed by atoms with E-state index in [1.807, 2.05) is 43.3 Å². The minimum Gasteiger partial charge on any atom is -0.445 e. The molecule has 3 aromatic carbocycles. The summed E-state index contributed by atoms with van der Waals surface area (Å²) in [4.78, 5) is 28.4. The van der Waals surface area contributed by atoms with Crippen LogP contribution in [0.25, 0.3) is 22.0 Å². The van der Waals surface area contributed by atoms with Gasteiger partial charge in [-0.15, -0.1) is 0 Å². The third kappa shape index (κ3) is 8.19. The third-order valence-electron chi connectivity index (χ3n) is 8.64. The first-order valence-electron chi connectivity index (χ1n) is 16.7. The van der Waals surface area contributed by atoms with Crippen LogP contribution in [0.5, 0.6) is 11.6 Å². The van der Waals surface area contributed by atoms with Crippen LogP contribution in [-0.4, -0.2) is 59.2 Å².